The zero-order chi connectivity index (χ0) is 10.8. The molecular formula is C9H7Cl2N3S. The highest BCUT2D eigenvalue weighted by molar-refractivity contribution is 7.80. The second kappa shape index (κ2) is 4.51. The van der Waals surface area contributed by atoms with Crippen LogP contribution < -0.4 is 0 Å². The Morgan fingerprint density at radius 2 is 1.93 bits per heavy atom. The van der Waals surface area contributed by atoms with E-state index in [9.17, 15) is 0 Å². The number of fused-ring (bicyclic) bond motifs is 1. The number of nitrogens with zero attached hydrogens (tertiary/aromatic N) is 3. The lowest BCUT2D eigenvalue weighted by Crippen LogP contribution is -1.98. The molecule has 0 N–H and O–H groups in total. The first-order valence-corrected chi connectivity index (χ1v) is 5.69. The summed E-state index contributed by atoms with van der Waals surface area (Å²) in [4.78, 5) is 12.5. The Morgan fingerprint density at radius 3 is 2.67 bits per heavy atom. The summed E-state index contributed by atoms with van der Waals surface area (Å²) in [5, 5.41) is 0.717. The van der Waals surface area contributed by atoms with E-state index in [0.29, 0.717) is 39.3 Å². The Morgan fingerprint density at radius 1 is 1.13 bits per heavy atom. The fraction of sp³-hybridized carbons (Fsp3) is 0.222. The van der Waals surface area contributed by atoms with Gasteiger partial charge in [-0.05, 0) is 17.9 Å². The van der Waals surface area contributed by atoms with E-state index in [2.05, 4.69) is 27.6 Å². The largest absolute Gasteiger partial charge is 0.231 e. The van der Waals surface area contributed by atoms with E-state index < -0.39 is 0 Å². The molecule has 0 aromatic carbocycles. The van der Waals surface area contributed by atoms with Gasteiger partial charge in [0.1, 0.15) is 16.5 Å². The Labute approximate surface area is 102 Å². The van der Waals surface area contributed by atoms with Crippen LogP contribution in [0, 0.1) is 0 Å². The highest BCUT2D eigenvalue weighted by Gasteiger charge is 2.07. The molecule has 0 saturated heterocycles. The lowest BCUT2D eigenvalue weighted by atomic mass is 10.3. The summed E-state index contributed by atoms with van der Waals surface area (Å²) in [6.45, 7) is 0. The quantitative estimate of drug-likeness (QED) is 0.512. The van der Waals surface area contributed by atoms with Crippen molar-refractivity contribution in [2.75, 3.05) is 5.75 Å². The fourth-order valence-electron chi connectivity index (χ4n) is 1.21. The van der Waals surface area contributed by atoms with Gasteiger partial charge >= 0.3 is 0 Å². The van der Waals surface area contributed by atoms with Gasteiger partial charge in [0.15, 0.2) is 5.15 Å². The smallest absolute Gasteiger partial charge is 0.159 e. The van der Waals surface area contributed by atoms with Gasteiger partial charge in [-0.3, -0.25) is 0 Å². The minimum Gasteiger partial charge on any atom is -0.231 e. The predicted molar refractivity (Wildman–Crippen MR) is 64.9 cm³/mol. The molecule has 0 fully saturated rings. The average Bonchev–Trinajstić information content (AvgIpc) is 2.20. The van der Waals surface area contributed by atoms with Crippen LogP contribution in [-0.4, -0.2) is 20.7 Å². The number of hydrogen-bond donors (Lipinski definition) is 1. The summed E-state index contributed by atoms with van der Waals surface area (Å²) >= 11 is 15.8. The van der Waals surface area contributed by atoms with Crippen molar-refractivity contribution in [3.05, 3.63) is 28.3 Å². The van der Waals surface area contributed by atoms with Gasteiger partial charge in [0.25, 0.3) is 0 Å². The molecule has 0 radical (unpaired) electrons. The molecule has 2 aromatic rings. The second-order valence-electron chi connectivity index (χ2n) is 2.91. The first-order chi connectivity index (χ1) is 7.20. The number of rotatable bonds is 2. The molecule has 3 nitrogen and oxygen atoms in total. The van der Waals surface area contributed by atoms with Crippen molar-refractivity contribution in [1.82, 2.24) is 15.0 Å². The first kappa shape index (κ1) is 10.9. The lowest BCUT2D eigenvalue weighted by Gasteiger charge is -2.02. The normalized spacial score (nSPS) is 10.9. The predicted octanol–water partition coefficient (Wildman–Crippen LogP) is 2.80. The summed E-state index contributed by atoms with van der Waals surface area (Å²) < 4.78 is 0. The molecular weight excluding hydrogens is 253 g/mol. The van der Waals surface area contributed by atoms with Gasteiger partial charge in [0.05, 0.1) is 5.52 Å². The molecule has 2 rings (SSSR count). The highest BCUT2D eigenvalue weighted by atomic mass is 35.5. The van der Waals surface area contributed by atoms with E-state index in [1.165, 1.54) is 0 Å². The number of pyridine rings is 1. The molecule has 0 unspecified atom stereocenters. The van der Waals surface area contributed by atoms with Crippen LogP contribution in [0.25, 0.3) is 11.0 Å². The van der Waals surface area contributed by atoms with Crippen LogP contribution in [0.3, 0.4) is 0 Å². The van der Waals surface area contributed by atoms with E-state index in [1.807, 2.05) is 0 Å². The fourth-order valence-corrected chi connectivity index (χ4v) is 1.80. The summed E-state index contributed by atoms with van der Waals surface area (Å²) in [6.07, 6.45) is 0.682. The third-order valence-electron chi connectivity index (χ3n) is 1.85. The van der Waals surface area contributed by atoms with Crippen LogP contribution in [-0.2, 0) is 6.42 Å². The average molecular weight is 260 g/mol. The topological polar surface area (TPSA) is 38.7 Å². The molecule has 0 spiro atoms. The maximum atomic E-state index is 5.97. The zero-order valence-corrected chi connectivity index (χ0v) is 10.0. The monoisotopic (exact) mass is 259 g/mol. The van der Waals surface area contributed by atoms with Gasteiger partial charge in [-0.2, -0.15) is 12.6 Å². The van der Waals surface area contributed by atoms with Crippen molar-refractivity contribution in [2.45, 2.75) is 6.42 Å². The minimum absolute atomic E-state index is 0.333. The Bertz CT molecular complexity index is 504. The standard InChI is InChI=1S/C9H7Cl2N3S/c10-6-2-1-5-8(13-6)9(11)14-7(12-5)3-4-15/h1-2,15H,3-4H2. The van der Waals surface area contributed by atoms with Gasteiger partial charge in [-0.25, -0.2) is 15.0 Å². The zero-order valence-electron chi connectivity index (χ0n) is 7.61. The molecule has 0 bridgehead atoms. The maximum Gasteiger partial charge on any atom is 0.159 e. The molecule has 2 aromatic heterocycles. The number of aromatic nitrogens is 3. The molecule has 6 heteroatoms. The number of thiol groups is 1. The SMILES string of the molecule is SCCc1nc(Cl)c2nc(Cl)ccc2n1. The van der Waals surface area contributed by atoms with Crippen LogP contribution in [0.1, 0.15) is 5.82 Å². The molecule has 0 saturated carbocycles. The molecule has 2 heterocycles. The van der Waals surface area contributed by atoms with E-state index >= 15 is 0 Å². The maximum absolute atomic E-state index is 5.97. The molecule has 0 aliphatic heterocycles. The van der Waals surface area contributed by atoms with Crippen LogP contribution in [0.4, 0.5) is 0 Å². The highest BCUT2D eigenvalue weighted by Crippen LogP contribution is 2.20. The second-order valence-corrected chi connectivity index (χ2v) is 4.10. The Balaban J connectivity index is 2.62. The van der Waals surface area contributed by atoms with E-state index in [1.54, 1.807) is 12.1 Å². The van der Waals surface area contributed by atoms with Crippen molar-refractivity contribution in [1.29, 1.82) is 0 Å². The molecule has 0 aliphatic rings. The van der Waals surface area contributed by atoms with Crippen molar-refractivity contribution >= 4 is 46.9 Å². The Hall–Kier alpha value is -0.580. The van der Waals surface area contributed by atoms with Crippen LogP contribution in [0.15, 0.2) is 12.1 Å². The van der Waals surface area contributed by atoms with Crippen molar-refractivity contribution < 1.29 is 0 Å². The first-order valence-electron chi connectivity index (χ1n) is 4.30. The van der Waals surface area contributed by atoms with E-state index in [-0.39, 0.29) is 0 Å². The summed E-state index contributed by atoms with van der Waals surface area (Å²) in [7, 11) is 0. The van der Waals surface area contributed by atoms with Crippen molar-refractivity contribution in [3.8, 4) is 0 Å². The van der Waals surface area contributed by atoms with Crippen LogP contribution >= 0.6 is 35.8 Å². The van der Waals surface area contributed by atoms with Crippen LogP contribution in [0.2, 0.25) is 10.3 Å². The van der Waals surface area contributed by atoms with Crippen molar-refractivity contribution in [3.63, 3.8) is 0 Å². The minimum atomic E-state index is 0.333. The van der Waals surface area contributed by atoms with Crippen LogP contribution in [0.5, 0.6) is 0 Å². The van der Waals surface area contributed by atoms with Gasteiger partial charge in [-0.15, -0.1) is 0 Å². The van der Waals surface area contributed by atoms with Gasteiger partial charge < -0.3 is 0 Å². The van der Waals surface area contributed by atoms with Crippen molar-refractivity contribution in [2.24, 2.45) is 0 Å². The molecule has 0 atom stereocenters. The number of hydrogen-bond acceptors (Lipinski definition) is 4. The van der Waals surface area contributed by atoms with Gasteiger partial charge in [0, 0.05) is 6.42 Å². The lowest BCUT2D eigenvalue weighted by molar-refractivity contribution is 0.968. The molecule has 78 valence electrons. The third kappa shape index (κ3) is 2.33. The third-order valence-corrected chi connectivity index (χ3v) is 2.55. The number of aryl methyl sites for hydroxylation is 1. The molecule has 15 heavy (non-hydrogen) atoms. The summed E-state index contributed by atoms with van der Waals surface area (Å²) in [6, 6.07) is 3.46. The summed E-state index contributed by atoms with van der Waals surface area (Å²) in [5.41, 5.74) is 1.24. The van der Waals surface area contributed by atoms with Gasteiger partial charge in [-0.1, -0.05) is 23.2 Å². The Kier molecular flexibility index (Phi) is 3.29. The molecule has 0 aliphatic carbocycles. The molecule has 0 amide bonds. The number of halogens is 2. The summed E-state index contributed by atoms with van der Waals surface area (Å²) in [5.74, 6) is 1.36. The van der Waals surface area contributed by atoms with E-state index in [0.717, 1.165) is 0 Å². The van der Waals surface area contributed by atoms with E-state index in [4.69, 9.17) is 23.2 Å². The van der Waals surface area contributed by atoms with Gasteiger partial charge in [0.2, 0.25) is 0 Å².